The van der Waals surface area contributed by atoms with Crippen LogP contribution in [0.25, 0.3) is 6.08 Å². The second kappa shape index (κ2) is 2.22. The van der Waals surface area contributed by atoms with Crippen LogP contribution in [0, 0.1) is 0 Å². The van der Waals surface area contributed by atoms with E-state index in [2.05, 4.69) is 24.3 Å². The van der Waals surface area contributed by atoms with E-state index < -0.39 is 0 Å². The highest BCUT2D eigenvalue weighted by molar-refractivity contribution is 5.63. The summed E-state index contributed by atoms with van der Waals surface area (Å²) in [4.78, 5) is 0. The molecule has 60 valence electrons. The van der Waals surface area contributed by atoms with Crippen LogP contribution in [0.5, 0.6) is 0 Å². The van der Waals surface area contributed by atoms with Crippen LogP contribution in [0.1, 0.15) is 28.7 Å². The predicted molar refractivity (Wildman–Crippen MR) is 51.2 cm³/mol. The van der Waals surface area contributed by atoms with E-state index in [1.807, 2.05) is 0 Å². The smallest absolute Gasteiger partial charge is 0.00853 e. The van der Waals surface area contributed by atoms with Gasteiger partial charge < -0.3 is 0 Å². The zero-order valence-corrected chi connectivity index (χ0v) is 7.14. The first-order chi connectivity index (χ1) is 5.95. The highest BCUT2D eigenvalue weighted by Crippen LogP contribution is 2.31. The molecule has 0 N–H and O–H groups in total. The molecule has 0 amide bonds. The lowest BCUT2D eigenvalue weighted by molar-refractivity contribution is 0.908. The van der Waals surface area contributed by atoms with Crippen molar-refractivity contribution in [3.63, 3.8) is 0 Å². The lowest BCUT2D eigenvalue weighted by Gasteiger charge is -2.05. The third-order valence-electron chi connectivity index (χ3n) is 3.06. The van der Waals surface area contributed by atoms with Gasteiger partial charge in [-0.15, -0.1) is 0 Å². The molecule has 0 saturated heterocycles. The van der Waals surface area contributed by atoms with Gasteiger partial charge in [0.05, 0.1) is 0 Å². The fraction of sp³-hybridized carbons (Fsp3) is 0.333. The van der Waals surface area contributed by atoms with E-state index in [0.29, 0.717) is 0 Å². The Hall–Kier alpha value is -1.04. The molecule has 0 unspecified atom stereocenters. The Kier molecular flexibility index (Phi) is 1.20. The van der Waals surface area contributed by atoms with Crippen molar-refractivity contribution < 1.29 is 0 Å². The van der Waals surface area contributed by atoms with Crippen LogP contribution >= 0.6 is 0 Å². The molecular formula is C12H12. The van der Waals surface area contributed by atoms with Gasteiger partial charge in [0.2, 0.25) is 0 Å². The molecule has 2 aliphatic rings. The van der Waals surface area contributed by atoms with Crippen molar-refractivity contribution >= 4 is 6.08 Å². The molecule has 1 aromatic carbocycles. The lowest BCUT2D eigenvalue weighted by Crippen LogP contribution is -1.91. The average molecular weight is 156 g/mol. The highest BCUT2D eigenvalue weighted by Gasteiger charge is 2.17. The number of rotatable bonds is 0. The maximum absolute atomic E-state index is 2.32. The molecule has 3 rings (SSSR count). The summed E-state index contributed by atoms with van der Waals surface area (Å²) in [5.74, 6) is 0. The van der Waals surface area contributed by atoms with Gasteiger partial charge in [-0.25, -0.2) is 0 Å². The Morgan fingerprint density at radius 2 is 2.00 bits per heavy atom. The SMILES string of the molecule is C1=Cc2ccc3c(c2C1)CCC3. The summed E-state index contributed by atoms with van der Waals surface area (Å²) in [5.41, 5.74) is 6.36. The Morgan fingerprint density at radius 3 is 3.00 bits per heavy atom. The van der Waals surface area contributed by atoms with Gasteiger partial charge in [-0.3, -0.25) is 0 Å². The zero-order chi connectivity index (χ0) is 7.97. The molecule has 0 bridgehead atoms. The van der Waals surface area contributed by atoms with Crippen molar-refractivity contribution in [1.29, 1.82) is 0 Å². The third-order valence-corrected chi connectivity index (χ3v) is 3.06. The van der Waals surface area contributed by atoms with Crippen LogP contribution in [0.15, 0.2) is 18.2 Å². The largest absolute Gasteiger partial charge is 0.0795 e. The summed E-state index contributed by atoms with van der Waals surface area (Å²) in [6, 6.07) is 4.60. The van der Waals surface area contributed by atoms with E-state index >= 15 is 0 Å². The summed E-state index contributed by atoms with van der Waals surface area (Å²) >= 11 is 0. The van der Waals surface area contributed by atoms with Crippen LogP contribution in [-0.2, 0) is 19.3 Å². The molecular weight excluding hydrogens is 144 g/mol. The molecule has 0 heteroatoms. The summed E-state index contributed by atoms with van der Waals surface area (Å²) in [6.07, 6.45) is 9.71. The molecule has 0 saturated carbocycles. The van der Waals surface area contributed by atoms with E-state index in [9.17, 15) is 0 Å². The van der Waals surface area contributed by atoms with Crippen molar-refractivity contribution in [3.05, 3.63) is 40.5 Å². The molecule has 0 aliphatic heterocycles. The van der Waals surface area contributed by atoms with E-state index in [4.69, 9.17) is 0 Å². The number of allylic oxidation sites excluding steroid dienone is 1. The molecule has 0 aromatic heterocycles. The second-order valence-corrected chi connectivity index (χ2v) is 3.73. The minimum absolute atomic E-state index is 1.18. The van der Waals surface area contributed by atoms with Gasteiger partial charge in [0, 0.05) is 0 Å². The van der Waals surface area contributed by atoms with Gasteiger partial charge in [-0.05, 0) is 47.9 Å². The van der Waals surface area contributed by atoms with Gasteiger partial charge in [-0.2, -0.15) is 0 Å². The molecule has 0 atom stereocenters. The molecule has 12 heavy (non-hydrogen) atoms. The molecule has 2 aliphatic carbocycles. The first-order valence-electron chi connectivity index (χ1n) is 4.75. The van der Waals surface area contributed by atoms with Gasteiger partial charge in [0.1, 0.15) is 0 Å². The Labute approximate surface area is 72.9 Å². The van der Waals surface area contributed by atoms with Crippen molar-refractivity contribution in [2.45, 2.75) is 25.7 Å². The maximum atomic E-state index is 2.32. The number of aryl methyl sites for hydroxylation is 1. The van der Waals surface area contributed by atoms with Gasteiger partial charge >= 0.3 is 0 Å². The highest BCUT2D eigenvalue weighted by atomic mass is 14.2. The average Bonchev–Trinajstić information content (AvgIpc) is 2.71. The minimum atomic E-state index is 1.18. The van der Waals surface area contributed by atoms with Crippen LogP contribution in [0.2, 0.25) is 0 Å². The fourth-order valence-corrected chi connectivity index (χ4v) is 2.46. The fourth-order valence-electron chi connectivity index (χ4n) is 2.46. The van der Waals surface area contributed by atoms with Crippen LogP contribution in [-0.4, -0.2) is 0 Å². The van der Waals surface area contributed by atoms with E-state index in [-0.39, 0.29) is 0 Å². The van der Waals surface area contributed by atoms with Gasteiger partial charge in [0.15, 0.2) is 0 Å². The molecule has 0 spiro atoms. The maximum Gasteiger partial charge on any atom is -0.00853 e. The summed E-state index contributed by atoms with van der Waals surface area (Å²) < 4.78 is 0. The Morgan fingerprint density at radius 1 is 1.00 bits per heavy atom. The number of hydrogen-bond acceptors (Lipinski definition) is 0. The Balaban J connectivity index is 2.27. The number of benzene rings is 1. The van der Waals surface area contributed by atoms with E-state index in [0.717, 1.165) is 0 Å². The van der Waals surface area contributed by atoms with Crippen molar-refractivity contribution in [2.75, 3.05) is 0 Å². The second-order valence-electron chi connectivity index (χ2n) is 3.73. The molecule has 0 fully saturated rings. The van der Waals surface area contributed by atoms with Crippen LogP contribution < -0.4 is 0 Å². The standard InChI is InChI=1S/C12H12/c1-3-9-7-8-10-4-2-6-12(10)11(9)5-1/h1,3,7-8H,2,4-6H2. The Bertz CT molecular complexity index is 359. The van der Waals surface area contributed by atoms with Crippen molar-refractivity contribution in [2.24, 2.45) is 0 Å². The summed E-state index contributed by atoms with van der Waals surface area (Å²) in [6.45, 7) is 0. The minimum Gasteiger partial charge on any atom is -0.0795 e. The topological polar surface area (TPSA) is 0 Å². The predicted octanol–water partition coefficient (Wildman–Crippen LogP) is 2.74. The molecule has 0 nitrogen and oxygen atoms in total. The molecule has 0 radical (unpaired) electrons. The van der Waals surface area contributed by atoms with Crippen molar-refractivity contribution in [3.8, 4) is 0 Å². The molecule has 0 heterocycles. The van der Waals surface area contributed by atoms with Crippen LogP contribution in [0.4, 0.5) is 0 Å². The summed E-state index contributed by atoms with van der Waals surface area (Å²) in [5, 5.41) is 0. The normalized spacial score (nSPS) is 18.0. The third kappa shape index (κ3) is 0.726. The monoisotopic (exact) mass is 156 g/mol. The molecule has 1 aromatic rings. The van der Waals surface area contributed by atoms with Gasteiger partial charge in [0.25, 0.3) is 0 Å². The van der Waals surface area contributed by atoms with Gasteiger partial charge in [-0.1, -0.05) is 24.3 Å². The number of hydrogen-bond donors (Lipinski definition) is 0. The van der Waals surface area contributed by atoms with E-state index in [1.165, 1.54) is 31.2 Å². The zero-order valence-electron chi connectivity index (χ0n) is 7.14. The van der Waals surface area contributed by atoms with Crippen molar-refractivity contribution in [1.82, 2.24) is 0 Å². The first-order valence-corrected chi connectivity index (χ1v) is 4.75. The first kappa shape index (κ1) is 6.47. The quantitative estimate of drug-likeness (QED) is 0.542. The van der Waals surface area contributed by atoms with Crippen LogP contribution in [0.3, 0.4) is 0 Å². The number of fused-ring (bicyclic) bond motifs is 3. The summed E-state index contributed by atoms with van der Waals surface area (Å²) in [7, 11) is 0. The lowest BCUT2D eigenvalue weighted by atomic mass is 9.99. The van der Waals surface area contributed by atoms with E-state index in [1.54, 1.807) is 16.7 Å².